The molecule has 0 aromatic heterocycles. The Morgan fingerprint density at radius 2 is 1.19 bits per heavy atom. The topological polar surface area (TPSA) is 178 Å². The van der Waals surface area contributed by atoms with Gasteiger partial charge in [-0.25, -0.2) is 4.18 Å². The van der Waals surface area contributed by atoms with Crippen molar-refractivity contribution in [1.82, 2.24) is 0 Å². The largest absolute Gasteiger partial charge is 0.457 e. The average Bonchev–Trinajstić information content (AvgIpc) is 3.05. The molecule has 0 saturated carbocycles. The minimum Gasteiger partial charge on any atom is -0.457 e. The Kier molecular flexibility index (Phi) is 27.0. The number of aliphatic hydroxyl groups excluding tert-OH is 3. The molecular formula is C35H68O12S. The van der Waals surface area contributed by atoms with Gasteiger partial charge in [-0.15, -0.1) is 0 Å². The molecule has 0 spiro atoms. The van der Waals surface area contributed by atoms with E-state index in [1.807, 2.05) is 0 Å². The highest BCUT2D eigenvalue weighted by molar-refractivity contribution is 7.80. The predicted molar refractivity (Wildman–Crippen MR) is 184 cm³/mol. The van der Waals surface area contributed by atoms with Crippen molar-refractivity contribution in [3.8, 4) is 0 Å². The van der Waals surface area contributed by atoms with Crippen molar-refractivity contribution in [3.05, 3.63) is 0 Å². The number of aliphatic hydroxyl groups is 3. The van der Waals surface area contributed by atoms with Crippen LogP contribution in [0, 0.1) is 0 Å². The number of esters is 1. The molecule has 12 nitrogen and oxygen atoms in total. The number of carbonyl (C=O) groups excluding carboxylic acids is 1. The number of carbonyl (C=O) groups is 1. The normalized spacial score (nSPS) is 22.2. The molecule has 0 bridgehead atoms. The fourth-order valence-corrected chi connectivity index (χ4v) is 6.36. The van der Waals surface area contributed by atoms with E-state index in [1.165, 1.54) is 89.9 Å². The Morgan fingerprint density at radius 3 is 1.67 bits per heavy atom. The molecule has 1 heterocycles. The third-order valence-corrected chi connectivity index (χ3v) is 9.19. The maximum absolute atomic E-state index is 12.7. The average molecular weight is 713 g/mol. The molecule has 0 amide bonds. The number of rotatable bonds is 32. The number of hydrogen-bond donors (Lipinski definition) is 4. The molecule has 1 aliphatic rings. The van der Waals surface area contributed by atoms with Crippen LogP contribution in [0.15, 0.2) is 0 Å². The molecule has 0 aromatic rings. The summed E-state index contributed by atoms with van der Waals surface area (Å²) in [4.78, 5) is 12.7. The summed E-state index contributed by atoms with van der Waals surface area (Å²) in [7, 11) is -5.05. The van der Waals surface area contributed by atoms with Gasteiger partial charge >= 0.3 is 16.4 Å². The first kappa shape index (κ1) is 45.1. The zero-order chi connectivity index (χ0) is 35.5. The molecule has 0 radical (unpaired) electrons. The summed E-state index contributed by atoms with van der Waals surface area (Å²) in [6.45, 7) is 3.96. The molecular weight excluding hydrogens is 644 g/mol. The summed E-state index contributed by atoms with van der Waals surface area (Å²) in [5.74, 6) is -0.400. The molecule has 1 saturated heterocycles. The van der Waals surface area contributed by atoms with Crippen molar-refractivity contribution in [2.24, 2.45) is 0 Å². The standard InChI is InChI=1S/C35H68O12S/c1-3-5-7-9-11-13-15-17-19-21-23-25-43-27-29(45-31(37)24-22-20-18-16-14-12-10-8-6-4-2)28-44-35-33(39)34(47-48(40,41)42)32(38)30(26-36)46-35/h29-30,32-36,38-39H,3-28H2,1-2H3,(H,40,41,42). The Morgan fingerprint density at radius 1 is 0.708 bits per heavy atom. The molecule has 1 rings (SSSR count). The van der Waals surface area contributed by atoms with Crippen LogP contribution in [-0.4, -0.2) is 97.5 Å². The van der Waals surface area contributed by atoms with Gasteiger partial charge in [0.2, 0.25) is 0 Å². The van der Waals surface area contributed by atoms with Crippen molar-refractivity contribution in [2.75, 3.05) is 26.4 Å². The van der Waals surface area contributed by atoms with Gasteiger partial charge in [-0.3, -0.25) is 9.35 Å². The molecule has 0 aliphatic carbocycles. The maximum atomic E-state index is 12.7. The van der Waals surface area contributed by atoms with Crippen LogP contribution in [-0.2, 0) is 38.3 Å². The van der Waals surface area contributed by atoms with E-state index < -0.39 is 59.8 Å². The van der Waals surface area contributed by atoms with Crippen molar-refractivity contribution in [3.63, 3.8) is 0 Å². The first-order valence-electron chi connectivity index (χ1n) is 18.8. The lowest BCUT2D eigenvalue weighted by Gasteiger charge is -2.41. The lowest BCUT2D eigenvalue weighted by Crippen LogP contribution is -2.60. The van der Waals surface area contributed by atoms with E-state index in [2.05, 4.69) is 18.0 Å². The van der Waals surface area contributed by atoms with Crippen LogP contribution < -0.4 is 0 Å². The summed E-state index contributed by atoms with van der Waals surface area (Å²) >= 11 is 0. The second-order valence-electron chi connectivity index (χ2n) is 13.2. The highest BCUT2D eigenvalue weighted by Crippen LogP contribution is 2.26. The molecule has 1 aliphatic heterocycles. The lowest BCUT2D eigenvalue weighted by atomic mass is 9.99. The third-order valence-electron chi connectivity index (χ3n) is 8.73. The van der Waals surface area contributed by atoms with Gasteiger partial charge in [-0.1, -0.05) is 136 Å². The van der Waals surface area contributed by atoms with E-state index in [0.717, 1.165) is 38.5 Å². The van der Waals surface area contributed by atoms with E-state index in [9.17, 15) is 28.5 Å². The van der Waals surface area contributed by atoms with Gasteiger partial charge in [0.15, 0.2) is 6.29 Å². The summed E-state index contributed by atoms with van der Waals surface area (Å²) < 4.78 is 58.6. The molecule has 6 atom stereocenters. The highest BCUT2D eigenvalue weighted by Gasteiger charge is 2.48. The molecule has 0 aromatic carbocycles. The first-order chi connectivity index (χ1) is 23.1. The zero-order valence-electron chi connectivity index (χ0n) is 29.8. The summed E-state index contributed by atoms with van der Waals surface area (Å²) in [5, 5.41) is 30.4. The van der Waals surface area contributed by atoms with Gasteiger partial charge in [0.1, 0.15) is 30.5 Å². The van der Waals surface area contributed by atoms with Crippen molar-refractivity contribution >= 4 is 16.4 Å². The Hall–Kier alpha value is -0.900. The number of ether oxygens (including phenoxy) is 4. The Balaban J connectivity index is 2.53. The molecule has 4 N–H and O–H groups in total. The summed E-state index contributed by atoms with van der Waals surface area (Å²) in [6, 6.07) is 0. The third kappa shape index (κ3) is 22.7. The van der Waals surface area contributed by atoms with E-state index >= 15 is 0 Å². The van der Waals surface area contributed by atoms with Crippen LogP contribution in [0.4, 0.5) is 0 Å². The zero-order valence-corrected chi connectivity index (χ0v) is 30.6. The number of hydrogen-bond acceptors (Lipinski definition) is 11. The van der Waals surface area contributed by atoms with E-state index in [1.54, 1.807) is 0 Å². The summed E-state index contributed by atoms with van der Waals surface area (Å²) in [5.41, 5.74) is 0. The molecule has 1 fully saturated rings. The number of unbranched alkanes of at least 4 members (excludes halogenated alkanes) is 19. The fourth-order valence-electron chi connectivity index (χ4n) is 5.85. The summed E-state index contributed by atoms with van der Waals surface area (Å²) in [6.07, 6.45) is 15.8. The van der Waals surface area contributed by atoms with Crippen molar-refractivity contribution in [2.45, 2.75) is 192 Å². The van der Waals surface area contributed by atoms with Gasteiger partial charge in [-0.05, 0) is 12.8 Å². The van der Waals surface area contributed by atoms with Gasteiger partial charge in [0, 0.05) is 13.0 Å². The monoisotopic (exact) mass is 712 g/mol. The van der Waals surface area contributed by atoms with Gasteiger partial charge in [-0.2, -0.15) is 8.42 Å². The van der Waals surface area contributed by atoms with Crippen molar-refractivity contribution < 1.29 is 56.2 Å². The second kappa shape index (κ2) is 28.8. The van der Waals surface area contributed by atoms with Crippen molar-refractivity contribution in [1.29, 1.82) is 0 Å². The predicted octanol–water partition coefficient (Wildman–Crippen LogP) is 6.18. The van der Waals surface area contributed by atoms with Crippen LogP contribution >= 0.6 is 0 Å². The van der Waals surface area contributed by atoms with E-state index in [0.29, 0.717) is 13.0 Å². The lowest BCUT2D eigenvalue weighted by molar-refractivity contribution is -0.301. The highest BCUT2D eigenvalue weighted by atomic mass is 32.3. The van der Waals surface area contributed by atoms with Crippen LogP contribution in [0.5, 0.6) is 0 Å². The molecule has 286 valence electrons. The first-order valence-corrected chi connectivity index (χ1v) is 20.2. The van der Waals surface area contributed by atoms with E-state index in [4.69, 9.17) is 23.5 Å². The van der Waals surface area contributed by atoms with Crippen LogP contribution in [0.25, 0.3) is 0 Å². The molecule has 48 heavy (non-hydrogen) atoms. The quantitative estimate of drug-likeness (QED) is 0.0354. The van der Waals surface area contributed by atoms with Gasteiger partial charge in [0.25, 0.3) is 0 Å². The smallest absolute Gasteiger partial charge is 0.397 e. The van der Waals surface area contributed by atoms with Gasteiger partial charge in [0.05, 0.1) is 19.8 Å². The minimum atomic E-state index is -5.05. The minimum absolute atomic E-state index is 0.0430. The Labute approximate surface area is 290 Å². The Bertz CT molecular complexity index is 874. The van der Waals surface area contributed by atoms with Crippen LogP contribution in [0.3, 0.4) is 0 Å². The second-order valence-corrected chi connectivity index (χ2v) is 14.2. The van der Waals surface area contributed by atoms with Crippen LogP contribution in [0.2, 0.25) is 0 Å². The molecule has 6 unspecified atom stereocenters. The van der Waals surface area contributed by atoms with Gasteiger partial charge < -0.3 is 34.3 Å². The molecule has 13 heteroatoms. The van der Waals surface area contributed by atoms with E-state index in [-0.39, 0.29) is 19.6 Å². The van der Waals surface area contributed by atoms with Crippen LogP contribution in [0.1, 0.15) is 155 Å². The SMILES string of the molecule is CCCCCCCCCCCCCOCC(COC1OC(CO)C(O)C(OS(=O)(=O)O)C1O)OC(=O)CCCCCCCCCCCC. The maximum Gasteiger partial charge on any atom is 0.397 e. The fraction of sp³-hybridized carbons (Fsp3) is 0.971.